The van der Waals surface area contributed by atoms with E-state index >= 15 is 0 Å². The number of rotatable bonds is 7. The highest BCUT2D eigenvalue weighted by molar-refractivity contribution is 5.94. The molecule has 140 valence electrons. The van der Waals surface area contributed by atoms with Crippen molar-refractivity contribution in [1.82, 2.24) is 9.78 Å². The number of benzene rings is 2. The van der Waals surface area contributed by atoms with Gasteiger partial charge in [-0.3, -0.25) is 4.79 Å². The summed E-state index contributed by atoms with van der Waals surface area (Å²) in [4.78, 5) is 12.4. The lowest BCUT2D eigenvalue weighted by atomic mass is 10.3. The highest BCUT2D eigenvalue weighted by atomic mass is 16.5. The number of hydrogen-bond donors (Lipinski definition) is 2. The fraction of sp³-hybridized carbons (Fsp3) is 0.238. The molecule has 0 atom stereocenters. The normalized spacial score (nSPS) is 10.5. The fourth-order valence-corrected chi connectivity index (χ4v) is 2.85. The SMILES string of the molecule is CCOc1ccc(NCC(=O)Nc2c(C)nn(-c3ccccc3)c2C)cc1. The average molecular weight is 364 g/mol. The van der Waals surface area contributed by atoms with Crippen molar-refractivity contribution in [3.8, 4) is 11.4 Å². The second kappa shape index (κ2) is 8.40. The van der Waals surface area contributed by atoms with Crippen LogP contribution in [0.2, 0.25) is 0 Å². The molecule has 1 aromatic heterocycles. The number of nitrogens with zero attached hydrogens (tertiary/aromatic N) is 2. The van der Waals surface area contributed by atoms with E-state index in [1.165, 1.54) is 0 Å². The lowest BCUT2D eigenvalue weighted by Crippen LogP contribution is -2.22. The van der Waals surface area contributed by atoms with Crippen molar-refractivity contribution in [2.75, 3.05) is 23.8 Å². The molecular formula is C21H24N4O2. The summed E-state index contributed by atoms with van der Waals surface area (Å²) in [6.45, 7) is 6.58. The van der Waals surface area contributed by atoms with Gasteiger partial charge in [0.1, 0.15) is 5.75 Å². The zero-order valence-corrected chi connectivity index (χ0v) is 15.8. The molecule has 2 N–H and O–H groups in total. The first-order chi connectivity index (χ1) is 13.1. The third-order valence-corrected chi connectivity index (χ3v) is 4.17. The molecule has 0 aliphatic carbocycles. The third kappa shape index (κ3) is 4.47. The van der Waals surface area contributed by atoms with Crippen LogP contribution < -0.4 is 15.4 Å². The van der Waals surface area contributed by atoms with Gasteiger partial charge < -0.3 is 15.4 Å². The van der Waals surface area contributed by atoms with Gasteiger partial charge >= 0.3 is 0 Å². The van der Waals surface area contributed by atoms with Crippen molar-refractivity contribution in [2.45, 2.75) is 20.8 Å². The number of hydrogen-bond acceptors (Lipinski definition) is 4. The van der Waals surface area contributed by atoms with E-state index in [2.05, 4.69) is 15.7 Å². The van der Waals surface area contributed by atoms with Crippen LogP contribution in [-0.2, 0) is 4.79 Å². The second-order valence-electron chi connectivity index (χ2n) is 6.15. The Morgan fingerprint density at radius 2 is 1.78 bits per heavy atom. The molecule has 2 aromatic carbocycles. The molecule has 0 spiro atoms. The molecule has 3 aromatic rings. The van der Waals surface area contributed by atoms with Crippen LogP contribution in [0.25, 0.3) is 5.69 Å². The van der Waals surface area contributed by atoms with E-state index < -0.39 is 0 Å². The Kier molecular flexibility index (Phi) is 5.76. The van der Waals surface area contributed by atoms with E-state index in [0.717, 1.165) is 34.2 Å². The molecule has 0 bridgehead atoms. The minimum atomic E-state index is -0.123. The van der Waals surface area contributed by atoms with E-state index in [0.29, 0.717) is 6.61 Å². The summed E-state index contributed by atoms with van der Waals surface area (Å²) < 4.78 is 7.25. The molecular weight excluding hydrogens is 340 g/mol. The smallest absolute Gasteiger partial charge is 0.243 e. The molecule has 0 saturated heterocycles. The molecule has 6 heteroatoms. The highest BCUT2D eigenvalue weighted by Gasteiger charge is 2.15. The molecule has 1 heterocycles. The Morgan fingerprint density at radius 1 is 1.07 bits per heavy atom. The summed E-state index contributed by atoms with van der Waals surface area (Å²) >= 11 is 0. The number of nitrogens with one attached hydrogen (secondary N) is 2. The molecule has 0 aliphatic rings. The first kappa shape index (κ1) is 18.5. The first-order valence-electron chi connectivity index (χ1n) is 8.96. The standard InChI is InChI=1S/C21H24N4O2/c1-4-27-19-12-10-17(11-13-19)22-14-20(26)23-21-15(2)24-25(16(21)3)18-8-6-5-7-9-18/h5-13,22H,4,14H2,1-3H3,(H,23,26). The number of aryl methyl sites for hydroxylation is 1. The molecule has 1 amide bonds. The number of carbonyl (C=O) groups excluding carboxylic acids is 1. The van der Waals surface area contributed by atoms with E-state index in [9.17, 15) is 4.79 Å². The van der Waals surface area contributed by atoms with Crippen molar-refractivity contribution in [2.24, 2.45) is 0 Å². The maximum Gasteiger partial charge on any atom is 0.243 e. The summed E-state index contributed by atoms with van der Waals surface area (Å²) in [5.41, 5.74) is 4.25. The number of anilines is 2. The van der Waals surface area contributed by atoms with Crippen LogP contribution in [0.1, 0.15) is 18.3 Å². The second-order valence-corrected chi connectivity index (χ2v) is 6.15. The van der Waals surface area contributed by atoms with Gasteiger partial charge in [0.05, 0.1) is 35.9 Å². The minimum absolute atomic E-state index is 0.123. The Morgan fingerprint density at radius 3 is 2.44 bits per heavy atom. The van der Waals surface area contributed by atoms with Crippen molar-refractivity contribution in [1.29, 1.82) is 0 Å². The van der Waals surface area contributed by atoms with Crippen molar-refractivity contribution < 1.29 is 9.53 Å². The van der Waals surface area contributed by atoms with Gasteiger partial charge in [-0.2, -0.15) is 5.10 Å². The predicted octanol–water partition coefficient (Wildman–Crippen LogP) is 3.94. The summed E-state index contributed by atoms with van der Waals surface area (Å²) in [6.07, 6.45) is 0. The Hall–Kier alpha value is -3.28. The average Bonchev–Trinajstić information content (AvgIpc) is 2.96. The van der Waals surface area contributed by atoms with Gasteiger partial charge in [0.25, 0.3) is 0 Å². The molecule has 0 fully saturated rings. The molecule has 0 aliphatic heterocycles. The summed E-state index contributed by atoms with van der Waals surface area (Å²) in [7, 11) is 0. The van der Waals surface area contributed by atoms with Gasteiger partial charge in [0.15, 0.2) is 0 Å². The van der Waals surface area contributed by atoms with Crippen molar-refractivity contribution in [3.05, 3.63) is 66.0 Å². The van der Waals surface area contributed by atoms with Crippen molar-refractivity contribution >= 4 is 17.3 Å². The molecule has 3 rings (SSSR count). The van der Waals surface area contributed by atoms with Crippen LogP contribution >= 0.6 is 0 Å². The number of aromatic nitrogens is 2. The monoisotopic (exact) mass is 364 g/mol. The maximum absolute atomic E-state index is 12.4. The Balaban J connectivity index is 1.63. The Labute approximate surface area is 159 Å². The van der Waals surface area contributed by atoms with Crippen molar-refractivity contribution in [3.63, 3.8) is 0 Å². The predicted molar refractivity (Wildman–Crippen MR) is 108 cm³/mol. The summed E-state index contributed by atoms with van der Waals surface area (Å²) in [5, 5.41) is 10.6. The largest absolute Gasteiger partial charge is 0.494 e. The van der Waals surface area contributed by atoms with Crippen LogP contribution in [0.15, 0.2) is 54.6 Å². The zero-order valence-electron chi connectivity index (χ0n) is 15.8. The molecule has 0 unspecified atom stereocenters. The molecule has 0 saturated carbocycles. The number of para-hydroxylation sites is 1. The Bertz CT molecular complexity index is 902. The molecule has 6 nitrogen and oxygen atoms in total. The van der Waals surface area contributed by atoms with Crippen LogP contribution in [0.5, 0.6) is 5.75 Å². The van der Waals surface area contributed by atoms with Gasteiger partial charge in [-0.15, -0.1) is 0 Å². The molecule has 0 radical (unpaired) electrons. The van der Waals surface area contributed by atoms with E-state index in [1.807, 2.05) is 80.1 Å². The summed E-state index contributed by atoms with van der Waals surface area (Å²) in [6, 6.07) is 17.4. The van der Waals surface area contributed by atoms with Gasteiger partial charge in [-0.25, -0.2) is 4.68 Å². The van der Waals surface area contributed by atoms with Gasteiger partial charge in [-0.05, 0) is 57.2 Å². The zero-order chi connectivity index (χ0) is 19.2. The quantitative estimate of drug-likeness (QED) is 0.666. The van der Waals surface area contributed by atoms with E-state index in [1.54, 1.807) is 0 Å². The van der Waals surface area contributed by atoms with Crippen LogP contribution in [0.3, 0.4) is 0 Å². The maximum atomic E-state index is 12.4. The number of carbonyl (C=O) groups is 1. The van der Waals surface area contributed by atoms with Gasteiger partial charge in [0.2, 0.25) is 5.91 Å². The van der Waals surface area contributed by atoms with Crippen LogP contribution in [0, 0.1) is 13.8 Å². The van der Waals surface area contributed by atoms with Crippen LogP contribution in [0.4, 0.5) is 11.4 Å². The highest BCUT2D eigenvalue weighted by Crippen LogP contribution is 2.22. The molecule has 27 heavy (non-hydrogen) atoms. The first-order valence-corrected chi connectivity index (χ1v) is 8.96. The lowest BCUT2D eigenvalue weighted by Gasteiger charge is -2.09. The van der Waals surface area contributed by atoms with Gasteiger partial charge in [-0.1, -0.05) is 18.2 Å². The van der Waals surface area contributed by atoms with E-state index in [-0.39, 0.29) is 12.5 Å². The number of amides is 1. The topological polar surface area (TPSA) is 68.2 Å². The third-order valence-electron chi connectivity index (χ3n) is 4.17. The fourth-order valence-electron chi connectivity index (χ4n) is 2.85. The lowest BCUT2D eigenvalue weighted by molar-refractivity contribution is -0.114. The number of ether oxygens (including phenoxy) is 1. The van der Waals surface area contributed by atoms with Gasteiger partial charge in [0, 0.05) is 5.69 Å². The van der Waals surface area contributed by atoms with E-state index in [4.69, 9.17) is 4.74 Å². The summed E-state index contributed by atoms with van der Waals surface area (Å²) in [5.74, 6) is 0.690. The minimum Gasteiger partial charge on any atom is -0.494 e. The van der Waals surface area contributed by atoms with Crippen LogP contribution in [-0.4, -0.2) is 28.8 Å².